The summed E-state index contributed by atoms with van der Waals surface area (Å²) in [6.45, 7) is 17.0. The highest BCUT2D eigenvalue weighted by Crippen LogP contribution is 2.44. The molecule has 4 rings (SSSR count). The quantitative estimate of drug-likeness (QED) is 0.265. The van der Waals surface area contributed by atoms with Gasteiger partial charge in [-0.1, -0.05) is 67.0 Å². The molecule has 230 valence electrons. The lowest BCUT2D eigenvalue weighted by molar-refractivity contribution is -0.119. The van der Waals surface area contributed by atoms with Crippen molar-refractivity contribution in [2.24, 2.45) is 5.92 Å². The van der Waals surface area contributed by atoms with E-state index in [1.807, 2.05) is 11.8 Å². The van der Waals surface area contributed by atoms with Crippen LogP contribution in [-0.2, 0) is 23.1 Å². The van der Waals surface area contributed by atoms with Crippen LogP contribution in [-0.4, -0.2) is 81.3 Å². The second-order valence-corrected chi connectivity index (χ2v) is 18.4. The Morgan fingerprint density at radius 1 is 1.20 bits per heavy atom. The Hall–Kier alpha value is -1.32. The molecule has 41 heavy (non-hydrogen) atoms. The number of carbonyl (C=O) groups excluding carboxylic acids is 1. The molecule has 3 unspecified atom stereocenters. The molecule has 4 heterocycles. The van der Waals surface area contributed by atoms with Crippen molar-refractivity contribution in [3.05, 3.63) is 11.5 Å². The third kappa shape index (κ3) is 7.09. The van der Waals surface area contributed by atoms with Crippen molar-refractivity contribution in [1.82, 2.24) is 19.5 Å². The number of fused-ring (bicyclic) bond motifs is 2. The third-order valence-electron chi connectivity index (χ3n) is 7.69. The van der Waals surface area contributed by atoms with E-state index in [9.17, 15) is 9.90 Å². The van der Waals surface area contributed by atoms with Crippen LogP contribution < -0.4 is 5.32 Å². The van der Waals surface area contributed by atoms with E-state index in [0.29, 0.717) is 21.7 Å². The summed E-state index contributed by atoms with van der Waals surface area (Å²) in [6.07, 6.45) is 0.386. The average molecular weight is 630 g/mol. The number of hydrogen-bond donors (Lipinski definition) is 2. The highest BCUT2D eigenvalue weighted by atomic mass is 35.5. The molecule has 0 aliphatic carbocycles. The number of aliphatic hydroxyl groups is 1. The maximum absolute atomic E-state index is 12.3. The van der Waals surface area contributed by atoms with Crippen LogP contribution in [0.3, 0.4) is 0 Å². The minimum atomic E-state index is -2.89. The highest BCUT2D eigenvalue weighted by Gasteiger charge is 2.56. The van der Waals surface area contributed by atoms with Crippen molar-refractivity contribution < 1.29 is 28.2 Å². The fraction of sp³-hybridized carbons (Fsp3) is 0.778. The summed E-state index contributed by atoms with van der Waals surface area (Å²) in [5, 5.41) is 15.5. The highest BCUT2D eigenvalue weighted by molar-refractivity contribution is 8.00. The molecule has 2 N–H and O–H groups in total. The summed E-state index contributed by atoms with van der Waals surface area (Å²) in [5.74, 6) is -0.452. The number of aromatic nitrogens is 4. The van der Waals surface area contributed by atoms with Crippen molar-refractivity contribution in [1.29, 1.82) is 0 Å². The number of imidazole rings is 1. The zero-order chi connectivity index (χ0) is 30.1. The summed E-state index contributed by atoms with van der Waals surface area (Å²) in [7, 11) is -2.89. The van der Waals surface area contributed by atoms with Crippen LogP contribution in [0, 0.1) is 5.92 Å². The van der Waals surface area contributed by atoms with E-state index in [2.05, 4.69) is 61.8 Å². The van der Waals surface area contributed by atoms with Gasteiger partial charge in [0.05, 0.1) is 12.9 Å². The van der Waals surface area contributed by atoms with E-state index in [-0.39, 0.29) is 47.4 Å². The lowest BCUT2D eigenvalue weighted by atomic mass is 10.1. The van der Waals surface area contributed by atoms with E-state index < -0.39 is 33.1 Å². The molecule has 2 aliphatic heterocycles. The van der Waals surface area contributed by atoms with E-state index in [0.717, 1.165) is 12.8 Å². The molecule has 2 aromatic rings. The summed E-state index contributed by atoms with van der Waals surface area (Å²) in [4.78, 5) is 25.3. The van der Waals surface area contributed by atoms with Gasteiger partial charge in [-0.05, 0) is 23.6 Å². The van der Waals surface area contributed by atoms with Crippen molar-refractivity contribution in [2.45, 2.75) is 114 Å². The Kier molecular flexibility index (Phi) is 10.8. The molecule has 0 spiro atoms. The molecule has 1 amide bonds. The van der Waals surface area contributed by atoms with Gasteiger partial charge in [0.2, 0.25) is 11.9 Å². The zero-order valence-corrected chi connectivity index (χ0v) is 27.7. The van der Waals surface area contributed by atoms with Crippen molar-refractivity contribution >= 4 is 54.9 Å². The van der Waals surface area contributed by atoms with Gasteiger partial charge < -0.3 is 23.4 Å². The first-order valence-electron chi connectivity index (χ1n) is 14.4. The minimum Gasteiger partial charge on any atom is -0.386 e. The molecular formula is C27H44ClN5O6SSi. The van der Waals surface area contributed by atoms with E-state index in [1.54, 1.807) is 18.4 Å². The second kappa shape index (κ2) is 13.5. The van der Waals surface area contributed by atoms with Gasteiger partial charge in [-0.15, -0.1) is 0 Å². The number of amides is 1. The number of aliphatic hydroxyl groups excluding tert-OH is 1. The molecular weight excluding hydrogens is 586 g/mol. The van der Waals surface area contributed by atoms with Crippen molar-refractivity contribution in [2.75, 3.05) is 18.7 Å². The Labute approximate surface area is 252 Å². The van der Waals surface area contributed by atoms with Crippen LogP contribution in [0.5, 0.6) is 0 Å². The molecule has 2 saturated heterocycles. The lowest BCUT2D eigenvalue weighted by Gasteiger charge is -2.43. The maximum Gasteiger partial charge on any atom is 0.345 e. The van der Waals surface area contributed by atoms with Crippen molar-refractivity contribution in [3.8, 4) is 0 Å². The van der Waals surface area contributed by atoms with Crippen LogP contribution in [0.2, 0.25) is 16.2 Å². The van der Waals surface area contributed by atoms with Crippen LogP contribution in [0.15, 0.2) is 6.33 Å². The number of nitrogens with one attached hydrogen (secondary N) is 1. The first-order chi connectivity index (χ1) is 19.3. The predicted molar refractivity (Wildman–Crippen MR) is 162 cm³/mol. The SMILES string of the molecule is CC(C)SC(C)CCC(C)[Si]1(C(C)C)OCOC[C@H]2O[C@@H](n3cnc4c(Cl)nc(NC(=O)C(C)C)nc43)[C@H](O)[C@@H]2O1. The summed E-state index contributed by atoms with van der Waals surface area (Å²) in [6, 6.07) is 0. The molecule has 2 aromatic heterocycles. The van der Waals surface area contributed by atoms with Gasteiger partial charge >= 0.3 is 8.56 Å². The number of ether oxygens (including phenoxy) is 2. The second-order valence-electron chi connectivity index (χ2n) is 11.9. The summed E-state index contributed by atoms with van der Waals surface area (Å²) < 4.78 is 27.3. The fourth-order valence-corrected chi connectivity index (χ4v) is 10.8. The van der Waals surface area contributed by atoms with Gasteiger partial charge in [0, 0.05) is 16.7 Å². The molecule has 2 fully saturated rings. The molecule has 0 radical (unpaired) electrons. The van der Waals surface area contributed by atoms with Gasteiger partial charge in [0.1, 0.15) is 30.6 Å². The molecule has 0 bridgehead atoms. The van der Waals surface area contributed by atoms with Gasteiger partial charge in [-0.3, -0.25) is 14.7 Å². The van der Waals surface area contributed by atoms with Crippen LogP contribution in [0.4, 0.5) is 5.95 Å². The molecule has 7 atom stereocenters. The topological polar surface area (TPSA) is 130 Å². The molecule has 0 saturated carbocycles. The standard InChI is InChI=1S/C27H44ClN5O6SSi/c1-14(2)25(35)32-27-30-23(28)20-24(31-27)33(12-29-20)26-21(34)22-19(38-26)11-36-13-37-41(39-22,16(5)6)18(8)10-9-17(7)40-15(3)4/h12,14-19,21-22,26,34H,9-11,13H2,1-8H3,(H,30,31,32,35)/t17?,18?,19-,21-,22-,26-,41?/m1/s1. The zero-order valence-electron chi connectivity index (χ0n) is 25.2. The Balaban J connectivity index is 1.60. The smallest absolute Gasteiger partial charge is 0.345 e. The lowest BCUT2D eigenvalue weighted by Crippen LogP contribution is -2.57. The maximum atomic E-state index is 12.3. The Morgan fingerprint density at radius 3 is 2.59 bits per heavy atom. The monoisotopic (exact) mass is 629 g/mol. The van der Waals surface area contributed by atoms with Crippen molar-refractivity contribution in [3.63, 3.8) is 0 Å². The third-order valence-corrected chi connectivity index (χ3v) is 13.7. The molecule has 11 nitrogen and oxygen atoms in total. The first-order valence-corrected chi connectivity index (χ1v) is 17.7. The number of halogens is 1. The number of hydrogen-bond acceptors (Lipinski definition) is 10. The van der Waals surface area contributed by atoms with Crippen LogP contribution in [0.25, 0.3) is 11.2 Å². The number of rotatable bonds is 10. The number of carbonyl (C=O) groups is 1. The van der Waals surface area contributed by atoms with Crippen LogP contribution >= 0.6 is 23.4 Å². The van der Waals surface area contributed by atoms with Gasteiger partial charge in [0.15, 0.2) is 17.0 Å². The van der Waals surface area contributed by atoms with Gasteiger partial charge in [-0.25, -0.2) is 4.98 Å². The number of nitrogens with zero attached hydrogens (tertiary/aromatic N) is 4. The minimum absolute atomic E-state index is 0.0550. The molecule has 2 aliphatic rings. The Morgan fingerprint density at radius 2 is 1.93 bits per heavy atom. The molecule has 14 heteroatoms. The normalized spacial score (nSPS) is 28.6. The van der Waals surface area contributed by atoms with Gasteiger partial charge in [-0.2, -0.15) is 21.7 Å². The molecule has 0 aromatic carbocycles. The fourth-order valence-electron chi connectivity index (χ4n) is 5.50. The predicted octanol–water partition coefficient (Wildman–Crippen LogP) is 5.27. The van der Waals surface area contributed by atoms with E-state index in [4.69, 9.17) is 29.9 Å². The number of anilines is 1. The largest absolute Gasteiger partial charge is 0.386 e. The summed E-state index contributed by atoms with van der Waals surface area (Å²) >= 11 is 8.37. The Bertz CT molecular complexity index is 1200. The first kappa shape index (κ1) is 32.6. The van der Waals surface area contributed by atoms with Crippen LogP contribution in [0.1, 0.15) is 74.5 Å². The van der Waals surface area contributed by atoms with Gasteiger partial charge in [0.25, 0.3) is 0 Å². The summed E-state index contributed by atoms with van der Waals surface area (Å²) in [5.41, 5.74) is 0.950. The number of thioether (sulfide) groups is 1. The average Bonchev–Trinajstić information content (AvgIpc) is 3.42. The van der Waals surface area contributed by atoms with E-state index in [1.165, 1.54) is 6.33 Å². The van der Waals surface area contributed by atoms with E-state index >= 15 is 0 Å².